The van der Waals surface area contributed by atoms with Crippen LogP contribution in [0.4, 0.5) is 0 Å². The highest BCUT2D eigenvalue weighted by molar-refractivity contribution is 6.32. The average Bonchev–Trinajstić information content (AvgIpc) is 2.42. The van der Waals surface area contributed by atoms with Crippen molar-refractivity contribution in [2.24, 2.45) is 0 Å². The predicted octanol–water partition coefficient (Wildman–Crippen LogP) is 1.99. The lowest BCUT2D eigenvalue weighted by atomic mass is 10.2. The maximum absolute atomic E-state index is 8.98. The molecule has 0 bridgehead atoms. The number of hydrogen-bond acceptors (Lipinski definition) is 3. The van der Waals surface area contributed by atoms with Crippen molar-refractivity contribution in [2.45, 2.75) is 13.0 Å². The summed E-state index contributed by atoms with van der Waals surface area (Å²) in [5, 5.41) is 9.47. The second-order valence-corrected chi connectivity index (χ2v) is 3.52. The summed E-state index contributed by atoms with van der Waals surface area (Å²) in [6.45, 7) is 1.19. The van der Waals surface area contributed by atoms with Gasteiger partial charge in [-0.25, -0.2) is 0 Å². The van der Waals surface area contributed by atoms with Crippen LogP contribution in [0, 0.1) is 0 Å². The van der Waals surface area contributed by atoms with Crippen LogP contribution in [0.5, 0.6) is 11.5 Å². The second-order valence-electron chi connectivity index (χ2n) is 3.11. The zero-order chi connectivity index (χ0) is 9.97. The molecule has 0 fully saturated rings. The van der Waals surface area contributed by atoms with Crippen molar-refractivity contribution in [2.75, 3.05) is 13.2 Å². The van der Waals surface area contributed by atoms with E-state index >= 15 is 0 Å². The molecule has 0 atom stereocenters. The largest absolute Gasteiger partial charge is 0.489 e. The van der Waals surface area contributed by atoms with Gasteiger partial charge in [0.05, 0.1) is 24.8 Å². The number of aliphatic hydroxyl groups excluding tert-OH is 1. The van der Waals surface area contributed by atoms with Gasteiger partial charge in [-0.2, -0.15) is 0 Å². The molecular formula is C10H11ClO3. The van der Waals surface area contributed by atoms with Gasteiger partial charge in [0, 0.05) is 6.42 Å². The van der Waals surface area contributed by atoms with Crippen LogP contribution in [-0.2, 0) is 6.61 Å². The SMILES string of the molecule is OCc1cc(Cl)c2c(c1)OCCCO2. The van der Waals surface area contributed by atoms with Gasteiger partial charge in [0.2, 0.25) is 0 Å². The first-order chi connectivity index (χ1) is 6.81. The number of ether oxygens (including phenoxy) is 2. The standard InChI is InChI=1S/C10H11ClO3/c11-8-4-7(6-12)5-9-10(8)14-3-1-2-13-9/h4-5,12H,1-3,6H2. The molecule has 0 saturated carbocycles. The third-order valence-electron chi connectivity index (χ3n) is 2.04. The van der Waals surface area contributed by atoms with Crippen LogP contribution in [0.15, 0.2) is 12.1 Å². The first kappa shape index (κ1) is 9.62. The Hall–Kier alpha value is -0.930. The molecule has 1 aromatic rings. The van der Waals surface area contributed by atoms with E-state index in [1.165, 1.54) is 0 Å². The number of rotatable bonds is 1. The van der Waals surface area contributed by atoms with E-state index in [-0.39, 0.29) is 6.61 Å². The zero-order valence-electron chi connectivity index (χ0n) is 7.62. The Labute approximate surface area is 87.2 Å². The van der Waals surface area contributed by atoms with Crippen LogP contribution in [0.25, 0.3) is 0 Å². The van der Waals surface area contributed by atoms with Crippen LogP contribution < -0.4 is 9.47 Å². The van der Waals surface area contributed by atoms with E-state index in [9.17, 15) is 0 Å². The first-order valence-electron chi connectivity index (χ1n) is 4.50. The summed E-state index contributed by atoms with van der Waals surface area (Å²) in [5.41, 5.74) is 0.735. The van der Waals surface area contributed by atoms with E-state index in [4.69, 9.17) is 26.2 Å². The molecule has 0 unspecified atom stereocenters. The minimum Gasteiger partial charge on any atom is -0.489 e. The Bertz CT molecular complexity index is 338. The van der Waals surface area contributed by atoms with Crippen molar-refractivity contribution in [1.29, 1.82) is 0 Å². The van der Waals surface area contributed by atoms with Gasteiger partial charge < -0.3 is 14.6 Å². The third-order valence-corrected chi connectivity index (χ3v) is 2.33. The highest BCUT2D eigenvalue weighted by Gasteiger charge is 2.14. The van der Waals surface area contributed by atoms with Crippen LogP contribution in [0.3, 0.4) is 0 Å². The Kier molecular flexibility index (Phi) is 2.79. The molecule has 0 radical (unpaired) electrons. The quantitative estimate of drug-likeness (QED) is 0.777. The van der Waals surface area contributed by atoms with Gasteiger partial charge in [-0.05, 0) is 17.7 Å². The molecular weight excluding hydrogens is 204 g/mol. The molecule has 1 aliphatic rings. The highest BCUT2D eigenvalue weighted by Crippen LogP contribution is 2.37. The average molecular weight is 215 g/mol. The van der Waals surface area contributed by atoms with E-state index < -0.39 is 0 Å². The molecule has 1 aromatic carbocycles. The molecule has 3 nitrogen and oxygen atoms in total. The monoisotopic (exact) mass is 214 g/mol. The summed E-state index contributed by atoms with van der Waals surface area (Å²) in [7, 11) is 0. The minimum absolute atomic E-state index is 0.0453. The lowest BCUT2D eigenvalue weighted by molar-refractivity contribution is 0.279. The van der Waals surface area contributed by atoms with E-state index in [2.05, 4.69) is 0 Å². The van der Waals surface area contributed by atoms with E-state index in [1.54, 1.807) is 12.1 Å². The molecule has 76 valence electrons. The molecule has 2 rings (SSSR count). The molecule has 4 heteroatoms. The highest BCUT2D eigenvalue weighted by atomic mass is 35.5. The summed E-state index contributed by atoms with van der Waals surface area (Å²) in [5.74, 6) is 1.21. The van der Waals surface area contributed by atoms with Crippen molar-refractivity contribution >= 4 is 11.6 Å². The fourth-order valence-corrected chi connectivity index (χ4v) is 1.66. The van der Waals surface area contributed by atoms with Gasteiger partial charge in [-0.1, -0.05) is 11.6 Å². The number of benzene rings is 1. The lowest BCUT2D eigenvalue weighted by Gasteiger charge is -2.10. The zero-order valence-corrected chi connectivity index (χ0v) is 8.38. The number of aliphatic hydroxyl groups is 1. The predicted molar refractivity (Wildman–Crippen MR) is 53.0 cm³/mol. The van der Waals surface area contributed by atoms with Crippen LogP contribution in [0.1, 0.15) is 12.0 Å². The van der Waals surface area contributed by atoms with Gasteiger partial charge in [0.25, 0.3) is 0 Å². The van der Waals surface area contributed by atoms with Crippen LogP contribution >= 0.6 is 11.6 Å². The molecule has 1 N–H and O–H groups in total. The molecule has 14 heavy (non-hydrogen) atoms. The fraction of sp³-hybridized carbons (Fsp3) is 0.400. The summed E-state index contributed by atoms with van der Waals surface area (Å²) >= 11 is 5.98. The van der Waals surface area contributed by atoms with E-state index in [1.807, 2.05) is 0 Å². The number of fused-ring (bicyclic) bond motifs is 1. The van der Waals surface area contributed by atoms with Crippen LogP contribution in [0.2, 0.25) is 5.02 Å². The van der Waals surface area contributed by atoms with E-state index in [0.717, 1.165) is 12.0 Å². The maximum Gasteiger partial charge on any atom is 0.179 e. The van der Waals surface area contributed by atoms with Gasteiger partial charge in [-0.15, -0.1) is 0 Å². The normalized spacial score (nSPS) is 15.0. The molecule has 1 heterocycles. The van der Waals surface area contributed by atoms with Crippen molar-refractivity contribution < 1.29 is 14.6 Å². The summed E-state index contributed by atoms with van der Waals surface area (Å²) in [6, 6.07) is 3.45. The Morgan fingerprint density at radius 3 is 2.86 bits per heavy atom. The molecule has 0 aromatic heterocycles. The van der Waals surface area contributed by atoms with Crippen molar-refractivity contribution in [3.8, 4) is 11.5 Å². The first-order valence-corrected chi connectivity index (χ1v) is 4.88. The van der Waals surface area contributed by atoms with Crippen molar-refractivity contribution in [3.63, 3.8) is 0 Å². The van der Waals surface area contributed by atoms with Gasteiger partial charge in [-0.3, -0.25) is 0 Å². The summed E-state index contributed by atoms with van der Waals surface area (Å²) in [4.78, 5) is 0. The van der Waals surface area contributed by atoms with Gasteiger partial charge in [0.1, 0.15) is 0 Å². The molecule has 0 aliphatic carbocycles. The minimum atomic E-state index is -0.0453. The Morgan fingerprint density at radius 2 is 2.07 bits per heavy atom. The third kappa shape index (κ3) is 1.79. The molecule has 0 spiro atoms. The second kappa shape index (κ2) is 4.07. The maximum atomic E-state index is 8.98. The fourth-order valence-electron chi connectivity index (χ4n) is 1.38. The molecule has 1 aliphatic heterocycles. The smallest absolute Gasteiger partial charge is 0.179 e. The topological polar surface area (TPSA) is 38.7 Å². The Morgan fingerprint density at radius 1 is 1.29 bits per heavy atom. The van der Waals surface area contributed by atoms with Crippen molar-refractivity contribution in [1.82, 2.24) is 0 Å². The number of hydrogen-bond donors (Lipinski definition) is 1. The van der Waals surface area contributed by atoms with Crippen molar-refractivity contribution in [3.05, 3.63) is 22.7 Å². The van der Waals surface area contributed by atoms with Crippen LogP contribution in [-0.4, -0.2) is 18.3 Å². The van der Waals surface area contributed by atoms with Gasteiger partial charge >= 0.3 is 0 Å². The molecule has 0 amide bonds. The summed E-state index contributed by atoms with van der Waals surface area (Å²) in [6.07, 6.45) is 0.847. The Balaban J connectivity index is 2.43. The summed E-state index contributed by atoms with van der Waals surface area (Å²) < 4.78 is 10.9. The lowest BCUT2D eigenvalue weighted by Crippen LogP contribution is -1.97. The van der Waals surface area contributed by atoms with E-state index in [0.29, 0.717) is 29.7 Å². The van der Waals surface area contributed by atoms with Gasteiger partial charge in [0.15, 0.2) is 11.5 Å². The number of halogens is 1. The molecule has 0 saturated heterocycles.